The van der Waals surface area contributed by atoms with E-state index in [1.165, 1.54) is 18.4 Å². The summed E-state index contributed by atoms with van der Waals surface area (Å²) in [4.78, 5) is 2.48. The first-order valence-corrected chi connectivity index (χ1v) is 7.65. The van der Waals surface area contributed by atoms with Crippen LogP contribution in [0.1, 0.15) is 44.7 Å². The predicted octanol–water partition coefficient (Wildman–Crippen LogP) is 3.29. The van der Waals surface area contributed by atoms with Crippen molar-refractivity contribution in [2.45, 2.75) is 40.2 Å². The molecule has 0 spiro atoms. The molecular weight excluding hydrogens is 246 g/mol. The average molecular weight is 273 g/mol. The molecule has 0 saturated carbocycles. The zero-order valence-electron chi connectivity index (χ0n) is 13.0. The van der Waals surface area contributed by atoms with Crippen LogP contribution in [0.3, 0.4) is 0 Å². The molecule has 1 N–H and O–H groups in total. The molecule has 0 aliphatic carbocycles. The molecule has 2 nitrogen and oxygen atoms in total. The smallest absolute Gasteiger partial charge is 0.104 e. The molecule has 0 radical (unpaired) electrons. The zero-order chi connectivity index (χ0) is 14.8. The van der Waals surface area contributed by atoms with Gasteiger partial charge in [-0.05, 0) is 24.1 Å². The summed E-state index contributed by atoms with van der Waals surface area (Å²) >= 11 is 0. The average Bonchev–Trinajstić information content (AvgIpc) is 2.50. The lowest BCUT2D eigenvalue weighted by molar-refractivity contribution is 0.226. The Morgan fingerprint density at radius 1 is 1.15 bits per heavy atom. The molecule has 0 amide bonds. The normalized spacial score (nSPS) is 10.7. The van der Waals surface area contributed by atoms with Gasteiger partial charge in [0, 0.05) is 18.7 Å². The maximum Gasteiger partial charge on any atom is 0.104 e. The van der Waals surface area contributed by atoms with Crippen LogP contribution >= 0.6 is 0 Å². The van der Waals surface area contributed by atoms with Crippen molar-refractivity contribution in [1.82, 2.24) is 4.90 Å². The van der Waals surface area contributed by atoms with Crippen molar-refractivity contribution in [3.63, 3.8) is 0 Å². The largest absolute Gasteiger partial charge is 0.384 e. The van der Waals surface area contributed by atoms with Crippen LogP contribution in [0.4, 0.5) is 0 Å². The molecule has 1 aromatic rings. The minimum Gasteiger partial charge on any atom is -0.384 e. The maximum absolute atomic E-state index is 8.85. The SMILES string of the molecule is CCC(CC)CN(CC)Cc1ccccc1C#CCO. The number of rotatable bonds is 7. The molecule has 0 bridgehead atoms. The summed E-state index contributed by atoms with van der Waals surface area (Å²) in [5.74, 6) is 6.56. The van der Waals surface area contributed by atoms with Crippen LogP contribution in [-0.2, 0) is 6.54 Å². The summed E-state index contributed by atoms with van der Waals surface area (Å²) in [6.45, 7) is 9.79. The molecule has 2 heteroatoms. The number of hydrogen-bond donors (Lipinski definition) is 1. The summed E-state index contributed by atoms with van der Waals surface area (Å²) in [5.41, 5.74) is 2.28. The van der Waals surface area contributed by atoms with Crippen LogP contribution in [0.2, 0.25) is 0 Å². The lowest BCUT2D eigenvalue weighted by Gasteiger charge is -2.25. The summed E-state index contributed by atoms with van der Waals surface area (Å²) in [7, 11) is 0. The van der Waals surface area contributed by atoms with Crippen molar-refractivity contribution in [3.05, 3.63) is 35.4 Å². The van der Waals surface area contributed by atoms with Gasteiger partial charge >= 0.3 is 0 Å². The standard InChI is InChI=1S/C18H27NO/c1-4-16(5-2)14-19(6-3)15-18-11-8-7-10-17(18)12-9-13-20/h7-8,10-11,16,20H,4-6,13-15H2,1-3H3. The van der Waals surface area contributed by atoms with Gasteiger partial charge in [-0.2, -0.15) is 0 Å². The molecule has 1 aromatic carbocycles. The van der Waals surface area contributed by atoms with Gasteiger partial charge in [0.15, 0.2) is 0 Å². The van der Waals surface area contributed by atoms with E-state index < -0.39 is 0 Å². The van der Waals surface area contributed by atoms with Gasteiger partial charge in [0.05, 0.1) is 0 Å². The maximum atomic E-state index is 8.85. The first-order valence-electron chi connectivity index (χ1n) is 7.65. The first kappa shape index (κ1) is 16.8. The van der Waals surface area contributed by atoms with Gasteiger partial charge in [0.1, 0.15) is 6.61 Å². The second-order valence-electron chi connectivity index (χ2n) is 5.13. The van der Waals surface area contributed by atoms with Crippen LogP contribution in [0.15, 0.2) is 24.3 Å². The number of hydrogen-bond acceptors (Lipinski definition) is 2. The minimum atomic E-state index is -0.0838. The van der Waals surface area contributed by atoms with E-state index in [4.69, 9.17) is 5.11 Å². The highest BCUT2D eigenvalue weighted by molar-refractivity contribution is 5.41. The quantitative estimate of drug-likeness (QED) is 0.771. The van der Waals surface area contributed by atoms with Gasteiger partial charge in [-0.1, -0.05) is 63.7 Å². The Hall–Kier alpha value is -1.30. The van der Waals surface area contributed by atoms with E-state index in [0.717, 1.165) is 31.1 Å². The monoisotopic (exact) mass is 273 g/mol. The Bertz CT molecular complexity index is 440. The number of nitrogens with zero attached hydrogens (tertiary/aromatic N) is 1. The van der Waals surface area contributed by atoms with Crippen LogP contribution in [-0.4, -0.2) is 29.7 Å². The molecule has 0 unspecified atom stereocenters. The third kappa shape index (κ3) is 5.36. The van der Waals surface area contributed by atoms with Gasteiger partial charge in [-0.15, -0.1) is 0 Å². The van der Waals surface area contributed by atoms with E-state index >= 15 is 0 Å². The van der Waals surface area contributed by atoms with Gasteiger partial charge in [0.25, 0.3) is 0 Å². The Morgan fingerprint density at radius 3 is 2.45 bits per heavy atom. The fourth-order valence-electron chi connectivity index (χ4n) is 2.37. The first-order chi connectivity index (χ1) is 9.74. The molecule has 0 aliphatic heterocycles. The van der Waals surface area contributed by atoms with E-state index in [1.54, 1.807) is 0 Å². The van der Waals surface area contributed by atoms with Crippen LogP contribution in [0, 0.1) is 17.8 Å². The molecule has 20 heavy (non-hydrogen) atoms. The van der Waals surface area contributed by atoms with Crippen molar-refractivity contribution in [2.24, 2.45) is 5.92 Å². The van der Waals surface area contributed by atoms with Gasteiger partial charge < -0.3 is 5.11 Å². The molecule has 1 rings (SSSR count). The molecule has 0 saturated heterocycles. The van der Waals surface area contributed by atoms with E-state index in [2.05, 4.69) is 49.6 Å². The number of benzene rings is 1. The van der Waals surface area contributed by atoms with Gasteiger partial charge in [-0.3, -0.25) is 4.90 Å². The highest BCUT2D eigenvalue weighted by atomic mass is 16.2. The van der Waals surface area contributed by atoms with Crippen molar-refractivity contribution in [1.29, 1.82) is 0 Å². The van der Waals surface area contributed by atoms with E-state index in [1.807, 2.05) is 12.1 Å². The lowest BCUT2D eigenvalue weighted by Crippen LogP contribution is -2.29. The van der Waals surface area contributed by atoms with Gasteiger partial charge in [0.2, 0.25) is 0 Å². The summed E-state index contributed by atoms with van der Waals surface area (Å²) in [6.07, 6.45) is 2.47. The molecule has 110 valence electrons. The fraction of sp³-hybridized carbons (Fsp3) is 0.556. The lowest BCUT2D eigenvalue weighted by atomic mass is 10.0. The third-order valence-electron chi connectivity index (χ3n) is 3.83. The molecule has 0 aromatic heterocycles. The van der Waals surface area contributed by atoms with Gasteiger partial charge in [-0.25, -0.2) is 0 Å². The fourth-order valence-corrected chi connectivity index (χ4v) is 2.37. The number of aliphatic hydroxyl groups is 1. The van der Waals surface area contributed by atoms with E-state index in [0.29, 0.717) is 0 Å². The Morgan fingerprint density at radius 2 is 1.85 bits per heavy atom. The van der Waals surface area contributed by atoms with Crippen molar-refractivity contribution in [3.8, 4) is 11.8 Å². The van der Waals surface area contributed by atoms with Crippen LogP contribution < -0.4 is 0 Å². The van der Waals surface area contributed by atoms with Crippen LogP contribution in [0.25, 0.3) is 0 Å². The third-order valence-corrected chi connectivity index (χ3v) is 3.83. The number of aliphatic hydroxyl groups excluding tert-OH is 1. The Kier molecular flexibility index (Phi) is 8.02. The van der Waals surface area contributed by atoms with Crippen molar-refractivity contribution >= 4 is 0 Å². The summed E-state index contributed by atoms with van der Waals surface area (Å²) < 4.78 is 0. The molecular formula is C18H27NO. The van der Waals surface area contributed by atoms with Crippen molar-refractivity contribution in [2.75, 3.05) is 19.7 Å². The topological polar surface area (TPSA) is 23.5 Å². The van der Waals surface area contributed by atoms with Crippen molar-refractivity contribution < 1.29 is 5.11 Å². The predicted molar refractivity (Wildman–Crippen MR) is 85.4 cm³/mol. The van der Waals surface area contributed by atoms with Crippen LogP contribution in [0.5, 0.6) is 0 Å². The zero-order valence-corrected chi connectivity index (χ0v) is 13.0. The minimum absolute atomic E-state index is 0.0838. The van der Waals surface area contributed by atoms with E-state index in [-0.39, 0.29) is 6.61 Å². The Balaban J connectivity index is 2.79. The second kappa shape index (κ2) is 9.58. The molecule has 0 heterocycles. The molecule has 0 fully saturated rings. The second-order valence-corrected chi connectivity index (χ2v) is 5.13. The van der Waals surface area contributed by atoms with E-state index in [9.17, 15) is 0 Å². The highest BCUT2D eigenvalue weighted by Crippen LogP contribution is 2.15. The highest BCUT2D eigenvalue weighted by Gasteiger charge is 2.11. The summed E-state index contributed by atoms with van der Waals surface area (Å²) in [5, 5.41) is 8.85. The molecule has 0 aliphatic rings. The Labute approximate surface area is 123 Å². The summed E-state index contributed by atoms with van der Waals surface area (Å²) in [6, 6.07) is 8.23. The molecule has 0 atom stereocenters.